The molecule has 2 fully saturated rings. The molecule has 2 aliphatic heterocycles. The molecule has 11 heteroatoms. The van der Waals surface area contributed by atoms with Gasteiger partial charge in [0, 0.05) is 38.6 Å². The average molecular weight is 590 g/mol. The number of aryl methyl sites for hydroxylation is 1. The van der Waals surface area contributed by atoms with Gasteiger partial charge < -0.3 is 25.6 Å². The second kappa shape index (κ2) is 13.1. The molecular weight excluding hydrogens is 546 g/mol. The third-order valence-corrected chi connectivity index (χ3v) is 9.03. The molecule has 2 unspecified atom stereocenters. The Balaban J connectivity index is 1.25. The highest BCUT2D eigenvalue weighted by Crippen LogP contribution is 2.29. The standard InChI is InChI=1S/C32H43N7O4/c1-20-5-6-21(2)39(20)30(40)14-12-26(33)32(42)38-19-24(15-22-7-10-25(43-4)11-8-22)17-29(38)31(41)34-18-23-9-13-28-27(16-23)35-36-37(28)3/h7-11,13,16,20-21,24,26,29H,5-6,12,14-15,17-19,33H2,1-4H3,(H,34,41)/t20?,21?,24-,26-,29+/m1/s1. The molecule has 3 aromatic rings. The molecule has 0 spiro atoms. The van der Waals surface area contributed by atoms with Gasteiger partial charge in [-0.25, -0.2) is 4.68 Å². The first-order valence-electron chi connectivity index (χ1n) is 15.2. The number of nitrogens with zero attached hydrogens (tertiary/aromatic N) is 5. The summed E-state index contributed by atoms with van der Waals surface area (Å²) in [5, 5.41) is 11.2. The Morgan fingerprint density at radius 1 is 1.07 bits per heavy atom. The third-order valence-electron chi connectivity index (χ3n) is 9.03. The molecule has 1 aromatic heterocycles. The first-order valence-corrected chi connectivity index (χ1v) is 15.2. The second-order valence-corrected chi connectivity index (χ2v) is 12.1. The first kappa shape index (κ1) is 30.5. The molecule has 5 atom stereocenters. The molecule has 230 valence electrons. The molecule has 3 amide bonds. The molecule has 0 aliphatic carbocycles. The van der Waals surface area contributed by atoms with Crippen LogP contribution in [0.2, 0.25) is 0 Å². The minimum atomic E-state index is -0.855. The topological polar surface area (TPSA) is 136 Å². The number of methoxy groups -OCH3 is 1. The van der Waals surface area contributed by atoms with Gasteiger partial charge in [-0.15, -0.1) is 5.10 Å². The lowest BCUT2D eigenvalue weighted by molar-refractivity contribution is -0.140. The number of benzene rings is 2. The summed E-state index contributed by atoms with van der Waals surface area (Å²) in [6, 6.07) is 12.5. The number of likely N-dealkylation sites (tertiary alicyclic amines) is 2. The SMILES string of the molecule is COc1ccc(C[C@@H]2C[C@@H](C(=O)NCc3ccc4c(c3)nnn4C)N(C(=O)[C@H](N)CCC(=O)N3C(C)CCC3C)C2)cc1. The van der Waals surface area contributed by atoms with E-state index in [9.17, 15) is 14.4 Å². The lowest BCUT2D eigenvalue weighted by atomic mass is 9.96. The second-order valence-electron chi connectivity index (χ2n) is 12.1. The van der Waals surface area contributed by atoms with E-state index in [-0.39, 0.29) is 48.6 Å². The average Bonchev–Trinajstić information content (AvgIpc) is 3.70. The van der Waals surface area contributed by atoms with Crippen LogP contribution >= 0.6 is 0 Å². The van der Waals surface area contributed by atoms with E-state index in [0.29, 0.717) is 19.5 Å². The van der Waals surface area contributed by atoms with E-state index in [1.807, 2.05) is 54.4 Å². The van der Waals surface area contributed by atoms with Crippen molar-refractivity contribution >= 4 is 28.8 Å². The quantitative estimate of drug-likeness (QED) is 0.371. The predicted octanol–water partition coefficient (Wildman–Crippen LogP) is 2.56. The monoisotopic (exact) mass is 589 g/mol. The van der Waals surface area contributed by atoms with Crippen LogP contribution in [-0.4, -0.2) is 80.3 Å². The van der Waals surface area contributed by atoms with Crippen LogP contribution in [0.5, 0.6) is 5.75 Å². The number of fused-ring (bicyclic) bond motifs is 1. The van der Waals surface area contributed by atoms with Crippen molar-refractivity contribution < 1.29 is 19.1 Å². The van der Waals surface area contributed by atoms with E-state index in [2.05, 4.69) is 29.5 Å². The van der Waals surface area contributed by atoms with Crippen molar-refractivity contribution in [2.45, 2.75) is 83.1 Å². The van der Waals surface area contributed by atoms with Gasteiger partial charge in [-0.3, -0.25) is 14.4 Å². The van der Waals surface area contributed by atoms with Crippen molar-refractivity contribution in [1.82, 2.24) is 30.1 Å². The Bertz CT molecular complexity index is 1450. The van der Waals surface area contributed by atoms with Crippen molar-refractivity contribution in [3.63, 3.8) is 0 Å². The Kier molecular flexibility index (Phi) is 9.29. The summed E-state index contributed by atoms with van der Waals surface area (Å²) in [6.07, 6.45) is 3.70. The molecule has 2 aromatic carbocycles. The number of hydrogen-bond acceptors (Lipinski definition) is 7. The summed E-state index contributed by atoms with van der Waals surface area (Å²) in [4.78, 5) is 43.8. The summed E-state index contributed by atoms with van der Waals surface area (Å²) < 4.78 is 6.98. The van der Waals surface area contributed by atoms with Crippen LogP contribution in [0.25, 0.3) is 11.0 Å². The van der Waals surface area contributed by atoms with Crippen LogP contribution in [0.15, 0.2) is 42.5 Å². The zero-order valence-electron chi connectivity index (χ0n) is 25.5. The Hall–Kier alpha value is -3.99. The summed E-state index contributed by atoms with van der Waals surface area (Å²) in [5.41, 5.74) is 10.1. The number of aromatic nitrogens is 3. The van der Waals surface area contributed by atoms with Crippen molar-refractivity contribution in [3.05, 3.63) is 53.6 Å². The fourth-order valence-electron chi connectivity index (χ4n) is 6.59. The van der Waals surface area contributed by atoms with Gasteiger partial charge in [-0.05, 0) is 87.3 Å². The summed E-state index contributed by atoms with van der Waals surface area (Å²) in [7, 11) is 3.46. The molecule has 0 bridgehead atoms. The van der Waals surface area contributed by atoms with Gasteiger partial charge in [0.2, 0.25) is 17.7 Å². The highest BCUT2D eigenvalue weighted by atomic mass is 16.5. The van der Waals surface area contributed by atoms with E-state index in [1.54, 1.807) is 16.7 Å². The first-order chi connectivity index (χ1) is 20.6. The molecule has 3 heterocycles. The molecule has 2 aliphatic rings. The highest BCUT2D eigenvalue weighted by Gasteiger charge is 2.41. The Labute approximate surface area is 252 Å². The molecule has 0 saturated carbocycles. The van der Waals surface area contributed by atoms with Crippen LogP contribution in [0.1, 0.15) is 57.1 Å². The van der Waals surface area contributed by atoms with Crippen molar-refractivity contribution in [3.8, 4) is 5.75 Å². The number of carbonyl (C=O) groups is 3. The number of hydrogen-bond donors (Lipinski definition) is 2. The lowest BCUT2D eigenvalue weighted by Crippen LogP contribution is -2.51. The van der Waals surface area contributed by atoms with Crippen LogP contribution in [0, 0.1) is 5.92 Å². The molecule has 0 radical (unpaired) electrons. The van der Waals surface area contributed by atoms with Gasteiger partial charge in [0.25, 0.3) is 0 Å². The highest BCUT2D eigenvalue weighted by molar-refractivity contribution is 5.91. The van der Waals surface area contributed by atoms with E-state index < -0.39 is 12.1 Å². The molecule has 3 N–H and O–H groups in total. The third kappa shape index (κ3) is 6.82. The molecule has 5 rings (SSSR count). The predicted molar refractivity (Wildman–Crippen MR) is 163 cm³/mol. The van der Waals surface area contributed by atoms with Gasteiger partial charge in [-0.1, -0.05) is 23.4 Å². The van der Waals surface area contributed by atoms with E-state index in [1.165, 1.54) is 0 Å². The van der Waals surface area contributed by atoms with Crippen LogP contribution < -0.4 is 15.8 Å². The molecular formula is C32H43N7O4. The molecule has 2 saturated heterocycles. The number of nitrogens with one attached hydrogen (secondary N) is 1. The smallest absolute Gasteiger partial charge is 0.243 e. The summed E-state index contributed by atoms with van der Waals surface area (Å²) >= 11 is 0. The maximum atomic E-state index is 13.7. The van der Waals surface area contributed by atoms with Crippen LogP contribution in [-0.2, 0) is 34.4 Å². The fraction of sp³-hybridized carbons (Fsp3) is 0.531. The van der Waals surface area contributed by atoms with Crippen LogP contribution in [0.4, 0.5) is 0 Å². The normalized spacial score (nSPS) is 22.6. The maximum Gasteiger partial charge on any atom is 0.243 e. The minimum absolute atomic E-state index is 0.0360. The van der Waals surface area contributed by atoms with E-state index in [0.717, 1.165) is 47.2 Å². The summed E-state index contributed by atoms with van der Waals surface area (Å²) in [6.45, 7) is 4.86. The number of rotatable bonds is 10. The summed E-state index contributed by atoms with van der Waals surface area (Å²) in [5.74, 6) is 0.404. The van der Waals surface area contributed by atoms with Crippen molar-refractivity contribution in [1.29, 1.82) is 0 Å². The number of nitrogens with two attached hydrogens (primary N) is 1. The van der Waals surface area contributed by atoms with Gasteiger partial charge in [0.1, 0.15) is 17.3 Å². The van der Waals surface area contributed by atoms with Crippen molar-refractivity contribution in [2.75, 3.05) is 13.7 Å². The van der Waals surface area contributed by atoms with Gasteiger partial charge >= 0.3 is 0 Å². The zero-order valence-corrected chi connectivity index (χ0v) is 25.5. The molecule has 11 nitrogen and oxygen atoms in total. The Morgan fingerprint density at radius 3 is 2.47 bits per heavy atom. The van der Waals surface area contributed by atoms with Gasteiger partial charge in [0.15, 0.2) is 0 Å². The minimum Gasteiger partial charge on any atom is -0.497 e. The van der Waals surface area contributed by atoms with E-state index in [4.69, 9.17) is 10.5 Å². The van der Waals surface area contributed by atoms with Crippen LogP contribution in [0.3, 0.4) is 0 Å². The fourth-order valence-corrected chi connectivity index (χ4v) is 6.59. The van der Waals surface area contributed by atoms with Crippen molar-refractivity contribution in [2.24, 2.45) is 18.7 Å². The number of carbonyl (C=O) groups excluding carboxylic acids is 3. The van der Waals surface area contributed by atoms with E-state index >= 15 is 0 Å². The largest absolute Gasteiger partial charge is 0.497 e. The van der Waals surface area contributed by atoms with Gasteiger partial charge in [-0.2, -0.15) is 0 Å². The number of ether oxygens (including phenoxy) is 1. The lowest BCUT2D eigenvalue weighted by Gasteiger charge is -2.28. The number of amides is 3. The zero-order chi connectivity index (χ0) is 30.7. The maximum absolute atomic E-state index is 13.7. The van der Waals surface area contributed by atoms with Gasteiger partial charge in [0.05, 0.1) is 18.7 Å². The Morgan fingerprint density at radius 2 is 1.77 bits per heavy atom. The molecule has 43 heavy (non-hydrogen) atoms.